The summed E-state index contributed by atoms with van der Waals surface area (Å²) in [6.45, 7) is 2.93. The van der Waals surface area contributed by atoms with Gasteiger partial charge in [0.25, 0.3) is 0 Å². The van der Waals surface area contributed by atoms with Crippen molar-refractivity contribution in [3.05, 3.63) is 54.1 Å². The first-order valence-electron chi connectivity index (χ1n) is 6.69. The molecule has 0 aromatic heterocycles. The van der Waals surface area contributed by atoms with Crippen molar-refractivity contribution >= 4 is 11.4 Å². The second-order valence-electron chi connectivity index (χ2n) is 4.53. The van der Waals surface area contributed by atoms with Gasteiger partial charge in [0.2, 0.25) is 0 Å². The molecule has 1 unspecified atom stereocenters. The normalized spacial score (nSPS) is 11.9. The minimum atomic E-state index is -0.562. The van der Waals surface area contributed by atoms with Crippen molar-refractivity contribution in [2.75, 3.05) is 24.2 Å². The van der Waals surface area contributed by atoms with E-state index in [1.54, 1.807) is 6.07 Å². The van der Waals surface area contributed by atoms with E-state index in [-0.39, 0.29) is 0 Å². The fourth-order valence-electron chi connectivity index (χ4n) is 1.98. The van der Waals surface area contributed by atoms with Crippen LogP contribution in [0.4, 0.5) is 11.4 Å². The third kappa shape index (κ3) is 3.90. The summed E-state index contributed by atoms with van der Waals surface area (Å²) in [6, 6.07) is 15.0. The first kappa shape index (κ1) is 14.2. The van der Waals surface area contributed by atoms with Crippen LogP contribution in [0.25, 0.3) is 0 Å². The maximum atomic E-state index is 10.1. The Balaban J connectivity index is 2.00. The lowest BCUT2D eigenvalue weighted by atomic mass is 10.1. The summed E-state index contributed by atoms with van der Waals surface area (Å²) >= 11 is 0. The van der Waals surface area contributed by atoms with E-state index in [1.165, 1.54) is 0 Å². The molecule has 0 saturated carbocycles. The molecule has 2 aromatic rings. The minimum Gasteiger partial charge on any atom is -0.494 e. The highest BCUT2D eigenvalue weighted by Gasteiger charge is 2.07. The molecule has 106 valence electrons. The number of nitrogen functional groups attached to an aromatic ring is 1. The average Bonchev–Trinajstić information content (AvgIpc) is 2.45. The summed E-state index contributed by atoms with van der Waals surface area (Å²) in [5, 5.41) is 13.3. The minimum absolute atomic E-state index is 0.416. The van der Waals surface area contributed by atoms with Crippen molar-refractivity contribution < 1.29 is 9.84 Å². The van der Waals surface area contributed by atoms with Gasteiger partial charge in [-0.25, -0.2) is 0 Å². The van der Waals surface area contributed by atoms with E-state index in [4.69, 9.17) is 10.5 Å². The van der Waals surface area contributed by atoms with Crippen molar-refractivity contribution in [2.24, 2.45) is 0 Å². The second-order valence-corrected chi connectivity index (χ2v) is 4.53. The maximum Gasteiger partial charge on any atom is 0.123 e. The lowest BCUT2D eigenvalue weighted by Gasteiger charge is -2.14. The van der Waals surface area contributed by atoms with Gasteiger partial charge < -0.3 is 20.9 Å². The van der Waals surface area contributed by atoms with Gasteiger partial charge in [-0.05, 0) is 18.6 Å². The molecule has 0 radical (unpaired) electrons. The number of nitrogens with one attached hydrogen (secondary N) is 1. The van der Waals surface area contributed by atoms with Crippen molar-refractivity contribution in [2.45, 2.75) is 13.0 Å². The Morgan fingerprint density at radius 2 is 1.95 bits per heavy atom. The quantitative estimate of drug-likeness (QED) is 0.707. The van der Waals surface area contributed by atoms with Crippen molar-refractivity contribution in [3.8, 4) is 5.75 Å². The SMILES string of the molecule is CCOc1cc(N)cc(NCC(O)c2ccccc2)c1. The predicted molar refractivity (Wildman–Crippen MR) is 81.9 cm³/mol. The van der Waals surface area contributed by atoms with E-state index in [0.29, 0.717) is 18.8 Å². The molecule has 0 fully saturated rings. The van der Waals surface area contributed by atoms with Crippen molar-refractivity contribution in [1.29, 1.82) is 0 Å². The number of benzene rings is 2. The largest absolute Gasteiger partial charge is 0.494 e. The van der Waals surface area contributed by atoms with E-state index in [1.807, 2.05) is 49.4 Å². The molecule has 4 nitrogen and oxygen atoms in total. The molecule has 0 aliphatic rings. The van der Waals surface area contributed by atoms with E-state index in [0.717, 1.165) is 17.0 Å². The molecule has 0 aliphatic heterocycles. The molecule has 1 atom stereocenters. The van der Waals surface area contributed by atoms with Gasteiger partial charge >= 0.3 is 0 Å². The van der Waals surface area contributed by atoms with Gasteiger partial charge in [0.15, 0.2) is 0 Å². The number of aliphatic hydroxyl groups is 1. The fourth-order valence-corrected chi connectivity index (χ4v) is 1.98. The zero-order valence-corrected chi connectivity index (χ0v) is 11.5. The summed E-state index contributed by atoms with van der Waals surface area (Å²) in [4.78, 5) is 0. The molecule has 2 aromatic carbocycles. The Kier molecular flexibility index (Phi) is 4.85. The van der Waals surface area contributed by atoms with Crippen LogP contribution in [-0.2, 0) is 0 Å². The molecule has 0 aliphatic carbocycles. The first-order valence-corrected chi connectivity index (χ1v) is 6.69. The molecule has 0 saturated heterocycles. The summed E-state index contributed by atoms with van der Waals surface area (Å²) in [6.07, 6.45) is -0.562. The first-order chi connectivity index (χ1) is 9.69. The second kappa shape index (κ2) is 6.82. The lowest BCUT2D eigenvalue weighted by Crippen LogP contribution is -2.12. The van der Waals surface area contributed by atoms with Gasteiger partial charge in [-0.1, -0.05) is 30.3 Å². The highest BCUT2D eigenvalue weighted by atomic mass is 16.5. The summed E-state index contributed by atoms with van der Waals surface area (Å²) in [7, 11) is 0. The van der Waals surface area contributed by atoms with E-state index >= 15 is 0 Å². The Bertz CT molecular complexity index is 543. The van der Waals surface area contributed by atoms with Gasteiger partial charge in [0.1, 0.15) is 5.75 Å². The number of hydrogen-bond donors (Lipinski definition) is 3. The lowest BCUT2D eigenvalue weighted by molar-refractivity contribution is 0.191. The molecular formula is C16H20N2O2. The number of ether oxygens (including phenoxy) is 1. The number of rotatable bonds is 6. The highest BCUT2D eigenvalue weighted by Crippen LogP contribution is 2.23. The Morgan fingerprint density at radius 1 is 1.20 bits per heavy atom. The number of aliphatic hydroxyl groups excluding tert-OH is 1. The van der Waals surface area contributed by atoms with Gasteiger partial charge in [0.05, 0.1) is 12.7 Å². The van der Waals surface area contributed by atoms with Gasteiger partial charge in [0, 0.05) is 30.1 Å². The van der Waals surface area contributed by atoms with Crippen LogP contribution >= 0.6 is 0 Å². The fraction of sp³-hybridized carbons (Fsp3) is 0.250. The summed E-state index contributed by atoms with van der Waals surface area (Å²) < 4.78 is 5.44. The van der Waals surface area contributed by atoms with Crippen molar-refractivity contribution in [3.63, 3.8) is 0 Å². The number of hydrogen-bond acceptors (Lipinski definition) is 4. The third-order valence-corrected chi connectivity index (χ3v) is 2.92. The van der Waals surface area contributed by atoms with Crippen LogP contribution in [0, 0.1) is 0 Å². The Hall–Kier alpha value is -2.20. The highest BCUT2D eigenvalue weighted by molar-refractivity contribution is 5.59. The predicted octanol–water partition coefficient (Wildman–Crippen LogP) is 2.81. The molecule has 0 spiro atoms. The van der Waals surface area contributed by atoms with Crippen LogP contribution in [0.1, 0.15) is 18.6 Å². The van der Waals surface area contributed by atoms with E-state index in [2.05, 4.69) is 5.32 Å². The summed E-state index contributed by atoms with van der Waals surface area (Å²) in [5.41, 5.74) is 8.18. The van der Waals surface area contributed by atoms with Crippen LogP contribution in [-0.4, -0.2) is 18.3 Å². The van der Waals surface area contributed by atoms with E-state index in [9.17, 15) is 5.11 Å². The molecule has 4 heteroatoms. The number of anilines is 2. The van der Waals surface area contributed by atoms with Crippen LogP contribution in [0.3, 0.4) is 0 Å². The Labute approximate surface area is 119 Å². The molecule has 4 N–H and O–H groups in total. The maximum absolute atomic E-state index is 10.1. The summed E-state index contributed by atoms with van der Waals surface area (Å²) in [5.74, 6) is 0.726. The number of nitrogens with two attached hydrogens (primary N) is 1. The molecule has 2 rings (SSSR count). The van der Waals surface area contributed by atoms with Gasteiger partial charge in [-0.3, -0.25) is 0 Å². The molecule has 20 heavy (non-hydrogen) atoms. The van der Waals surface area contributed by atoms with Crippen molar-refractivity contribution in [1.82, 2.24) is 0 Å². The smallest absolute Gasteiger partial charge is 0.123 e. The van der Waals surface area contributed by atoms with Crippen LogP contribution in [0.2, 0.25) is 0 Å². The zero-order chi connectivity index (χ0) is 14.4. The third-order valence-electron chi connectivity index (χ3n) is 2.92. The molecule has 0 heterocycles. The van der Waals surface area contributed by atoms with Crippen LogP contribution in [0.5, 0.6) is 5.75 Å². The molecular weight excluding hydrogens is 252 g/mol. The van der Waals surface area contributed by atoms with Crippen LogP contribution in [0.15, 0.2) is 48.5 Å². The van der Waals surface area contributed by atoms with Crippen LogP contribution < -0.4 is 15.8 Å². The van der Waals surface area contributed by atoms with Gasteiger partial charge in [-0.15, -0.1) is 0 Å². The van der Waals surface area contributed by atoms with E-state index < -0.39 is 6.10 Å². The van der Waals surface area contributed by atoms with Gasteiger partial charge in [-0.2, -0.15) is 0 Å². The molecule has 0 bridgehead atoms. The molecule has 0 amide bonds. The zero-order valence-electron chi connectivity index (χ0n) is 11.5. The monoisotopic (exact) mass is 272 g/mol. The topological polar surface area (TPSA) is 67.5 Å². The standard InChI is InChI=1S/C16H20N2O2/c1-2-20-15-9-13(17)8-14(10-15)18-11-16(19)12-6-4-3-5-7-12/h3-10,16,18-19H,2,11,17H2,1H3. The average molecular weight is 272 g/mol. The Morgan fingerprint density at radius 3 is 2.65 bits per heavy atom.